The molecule has 0 atom stereocenters. The zero-order valence-electron chi connectivity index (χ0n) is 2.89. The molecule has 0 unspecified atom stereocenters. The molecule has 0 aliphatic carbocycles. The van der Waals surface area contributed by atoms with Gasteiger partial charge in [0.25, 0.3) is 0 Å². The smallest absolute Gasteiger partial charge is 0.00461 e. The van der Waals surface area contributed by atoms with Gasteiger partial charge in [-0.3, -0.25) is 0 Å². The van der Waals surface area contributed by atoms with Gasteiger partial charge in [0.15, 0.2) is 0 Å². The van der Waals surface area contributed by atoms with Crippen molar-refractivity contribution in [2.24, 2.45) is 11.5 Å². The summed E-state index contributed by atoms with van der Waals surface area (Å²) < 4.78 is 0. The first kappa shape index (κ1) is 9.05. The molecule has 0 aromatic heterocycles. The third-order valence-electron chi connectivity index (χ3n) is 0.167. The van der Waals surface area contributed by atoms with Crippen LogP contribution in [0.3, 0.4) is 0 Å². The second kappa shape index (κ2) is 8.83. The van der Waals surface area contributed by atoms with E-state index in [0.29, 0.717) is 13.1 Å². The van der Waals surface area contributed by atoms with Gasteiger partial charge < -0.3 is 11.5 Å². The van der Waals surface area contributed by atoms with Crippen LogP contribution < -0.4 is 11.5 Å². The minimum absolute atomic E-state index is 0. The first-order valence-electron chi connectivity index (χ1n) is 1.32. The summed E-state index contributed by atoms with van der Waals surface area (Å²) in [6, 6.07) is 0. The molecular weight excluding hydrogens is 111 g/mol. The molecular formula is C2H8N2Ni. The van der Waals surface area contributed by atoms with E-state index in [-0.39, 0.29) is 16.5 Å². The molecule has 3 heteroatoms. The Kier molecular flexibility index (Phi) is 16.0. The van der Waals surface area contributed by atoms with Crippen LogP contribution in [0.5, 0.6) is 0 Å². The molecule has 0 aromatic rings. The van der Waals surface area contributed by atoms with Gasteiger partial charge in [-0.05, 0) is 0 Å². The predicted octanol–water partition coefficient (Wildman–Crippen LogP) is -1.10. The standard InChI is InChI=1S/C2H8N2.Ni/c3-1-2-4;/h1-4H2;. The molecule has 0 spiro atoms. The van der Waals surface area contributed by atoms with E-state index in [9.17, 15) is 0 Å². The van der Waals surface area contributed by atoms with E-state index in [1.54, 1.807) is 0 Å². The molecule has 2 nitrogen and oxygen atoms in total. The second-order valence-electron chi connectivity index (χ2n) is 0.577. The van der Waals surface area contributed by atoms with Gasteiger partial charge in [-0.15, -0.1) is 0 Å². The van der Waals surface area contributed by atoms with Gasteiger partial charge in [0.05, 0.1) is 0 Å². The van der Waals surface area contributed by atoms with Gasteiger partial charge in [0, 0.05) is 29.6 Å². The monoisotopic (exact) mass is 118 g/mol. The fourth-order valence-electron chi connectivity index (χ4n) is 0. The van der Waals surface area contributed by atoms with Gasteiger partial charge in [0.1, 0.15) is 0 Å². The second-order valence-corrected chi connectivity index (χ2v) is 0.577. The number of hydrogen-bond donors (Lipinski definition) is 2. The first-order valence-corrected chi connectivity index (χ1v) is 1.32. The topological polar surface area (TPSA) is 52.0 Å². The van der Waals surface area contributed by atoms with Crippen molar-refractivity contribution in [3.8, 4) is 0 Å². The van der Waals surface area contributed by atoms with Crippen LogP contribution >= 0.6 is 0 Å². The van der Waals surface area contributed by atoms with Gasteiger partial charge in [-0.2, -0.15) is 0 Å². The Balaban J connectivity index is 0. The van der Waals surface area contributed by atoms with E-state index < -0.39 is 0 Å². The van der Waals surface area contributed by atoms with Gasteiger partial charge in [0.2, 0.25) is 0 Å². The number of nitrogens with two attached hydrogens (primary N) is 2. The summed E-state index contributed by atoms with van der Waals surface area (Å²) in [7, 11) is 0. The maximum absolute atomic E-state index is 4.90. The largest absolute Gasteiger partial charge is 0.329 e. The fourth-order valence-corrected chi connectivity index (χ4v) is 0. The molecule has 0 heterocycles. The first-order chi connectivity index (χ1) is 1.91. The van der Waals surface area contributed by atoms with E-state index >= 15 is 0 Å². The van der Waals surface area contributed by atoms with Crippen molar-refractivity contribution in [1.82, 2.24) is 0 Å². The summed E-state index contributed by atoms with van der Waals surface area (Å²) in [5.41, 5.74) is 9.81. The Morgan fingerprint density at radius 3 is 1.20 bits per heavy atom. The molecule has 0 fully saturated rings. The van der Waals surface area contributed by atoms with Crippen molar-refractivity contribution in [2.45, 2.75) is 0 Å². The van der Waals surface area contributed by atoms with E-state index in [1.807, 2.05) is 0 Å². The van der Waals surface area contributed by atoms with E-state index in [0.717, 1.165) is 0 Å². The maximum atomic E-state index is 4.90. The molecule has 36 valence electrons. The van der Waals surface area contributed by atoms with Crippen molar-refractivity contribution in [2.75, 3.05) is 13.1 Å². The SMILES string of the molecule is NCCN.[Ni]. The Morgan fingerprint density at radius 2 is 1.20 bits per heavy atom. The molecule has 0 radical (unpaired) electrons. The molecule has 5 heavy (non-hydrogen) atoms. The third-order valence-corrected chi connectivity index (χ3v) is 0.167. The van der Waals surface area contributed by atoms with Crippen LogP contribution in [0.25, 0.3) is 0 Å². The van der Waals surface area contributed by atoms with Gasteiger partial charge in [-0.1, -0.05) is 0 Å². The van der Waals surface area contributed by atoms with Crippen LogP contribution in [0.1, 0.15) is 0 Å². The average Bonchev–Trinajstić information content (AvgIpc) is 1.37. The summed E-state index contributed by atoms with van der Waals surface area (Å²) in [5, 5.41) is 0. The van der Waals surface area contributed by atoms with E-state index in [4.69, 9.17) is 11.5 Å². The Labute approximate surface area is 41.8 Å². The molecule has 0 bridgehead atoms. The summed E-state index contributed by atoms with van der Waals surface area (Å²) in [5.74, 6) is 0. The van der Waals surface area contributed by atoms with Crippen molar-refractivity contribution in [1.29, 1.82) is 0 Å². The number of rotatable bonds is 1. The molecule has 0 aliphatic rings. The van der Waals surface area contributed by atoms with Crippen molar-refractivity contribution in [3.63, 3.8) is 0 Å². The Bertz CT molecular complexity index is 9.61. The Morgan fingerprint density at radius 1 is 1.00 bits per heavy atom. The summed E-state index contributed by atoms with van der Waals surface area (Å²) in [6.07, 6.45) is 0. The molecule has 0 saturated heterocycles. The summed E-state index contributed by atoms with van der Waals surface area (Å²) >= 11 is 0. The van der Waals surface area contributed by atoms with Crippen LogP contribution in [0.2, 0.25) is 0 Å². The maximum Gasteiger partial charge on any atom is 0.00461 e. The molecule has 0 saturated carbocycles. The van der Waals surface area contributed by atoms with Crippen molar-refractivity contribution >= 4 is 0 Å². The van der Waals surface area contributed by atoms with Crippen LogP contribution in [0.4, 0.5) is 0 Å². The van der Waals surface area contributed by atoms with Crippen LogP contribution in [-0.2, 0) is 16.5 Å². The van der Waals surface area contributed by atoms with Crippen molar-refractivity contribution < 1.29 is 16.5 Å². The van der Waals surface area contributed by atoms with E-state index in [1.165, 1.54) is 0 Å². The van der Waals surface area contributed by atoms with Gasteiger partial charge in [-0.25, -0.2) is 0 Å². The summed E-state index contributed by atoms with van der Waals surface area (Å²) in [4.78, 5) is 0. The molecule has 0 aliphatic heterocycles. The predicted molar refractivity (Wildman–Crippen MR) is 18.1 cm³/mol. The van der Waals surface area contributed by atoms with Gasteiger partial charge >= 0.3 is 0 Å². The van der Waals surface area contributed by atoms with Crippen LogP contribution in [-0.4, -0.2) is 13.1 Å². The van der Waals surface area contributed by atoms with Crippen LogP contribution in [0.15, 0.2) is 0 Å². The number of hydrogen-bond acceptors (Lipinski definition) is 2. The third kappa shape index (κ3) is 12.9. The van der Waals surface area contributed by atoms with E-state index in [2.05, 4.69) is 0 Å². The van der Waals surface area contributed by atoms with Crippen LogP contribution in [0, 0.1) is 0 Å². The van der Waals surface area contributed by atoms with Crippen molar-refractivity contribution in [3.05, 3.63) is 0 Å². The fraction of sp³-hybridized carbons (Fsp3) is 1.00. The Hall–Kier alpha value is 0.414. The zero-order chi connectivity index (χ0) is 3.41. The molecule has 0 rings (SSSR count). The minimum atomic E-state index is 0. The molecule has 4 N–H and O–H groups in total. The molecule has 0 aromatic carbocycles. The average molecular weight is 119 g/mol. The minimum Gasteiger partial charge on any atom is -0.329 e. The quantitative estimate of drug-likeness (QED) is 0.430. The normalized spacial score (nSPS) is 6.00. The summed E-state index contributed by atoms with van der Waals surface area (Å²) in [6.45, 7) is 1.19. The molecule has 0 amide bonds. The zero-order valence-corrected chi connectivity index (χ0v) is 3.87.